The molecule has 150 valence electrons. The van der Waals surface area contributed by atoms with Crippen molar-refractivity contribution in [2.45, 2.75) is 91.6 Å². The highest BCUT2D eigenvalue weighted by Gasteiger charge is 2.16. The van der Waals surface area contributed by atoms with Gasteiger partial charge in [-0.05, 0) is 33.6 Å². The Hall–Kier alpha value is -1.63. The van der Waals surface area contributed by atoms with E-state index in [1.807, 2.05) is 20.8 Å². The van der Waals surface area contributed by atoms with Crippen LogP contribution in [-0.4, -0.2) is 33.8 Å². The molecule has 0 unspecified atom stereocenters. The monoisotopic (exact) mass is 369 g/mol. The molecular weight excluding hydrogens is 334 g/mol. The smallest absolute Gasteiger partial charge is 0.362 e. The van der Waals surface area contributed by atoms with E-state index in [2.05, 4.69) is 28.8 Å². The molecule has 0 radical (unpaired) electrons. The number of aromatic nitrogens is 3. The van der Waals surface area contributed by atoms with Crippen LogP contribution in [0.15, 0.2) is 0 Å². The standard InChI is InChI=1S/C19H35N3O4/c1-6-8-10-12-14-23-16-20-17(24-15-13-11-9-7-2)22-18(21-16)25-26-19(3,4)5/h6-15H2,1-5H3. The van der Waals surface area contributed by atoms with Gasteiger partial charge in [-0.25, -0.2) is 0 Å². The quantitative estimate of drug-likeness (QED) is 0.262. The van der Waals surface area contributed by atoms with Crippen LogP contribution in [0.2, 0.25) is 0 Å². The summed E-state index contributed by atoms with van der Waals surface area (Å²) in [4.78, 5) is 23.0. The van der Waals surface area contributed by atoms with E-state index < -0.39 is 5.60 Å². The lowest BCUT2D eigenvalue weighted by atomic mass is 10.2. The van der Waals surface area contributed by atoms with Crippen LogP contribution in [0.1, 0.15) is 86.0 Å². The molecule has 0 aliphatic carbocycles. The van der Waals surface area contributed by atoms with Gasteiger partial charge in [-0.1, -0.05) is 52.4 Å². The number of nitrogens with zero attached hydrogens (tertiary/aromatic N) is 3. The van der Waals surface area contributed by atoms with Crippen LogP contribution < -0.4 is 14.4 Å². The summed E-state index contributed by atoms with van der Waals surface area (Å²) < 4.78 is 11.3. The molecule has 26 heavy (non-hydrogen) atoms. The summed E-state index contributed by atoms with van der Waals surface area (Å²) in [5.74, 6) is 0. The molecule has 1 heterocycles. The lowest BCUT2D eigenvalue weighted by Crippen LogP contribution is -2.22. The van der Waals surface area contributed by atoms with Crippen molar-refractivity contribution >= 4 is 0 Å². The van der Waals surface area contributed by atoms with E-state index in [9.17, 15) is 0 Å². The fraction of sp³-hybridized carbons (Fsp3) is 0.842. The second-order valence-electron chi connectivity index (χ2n) is 7.28. The van der Waals surface area contributed by atoms with Gasteiger partial charge in [-0.3, -0.25) is 4.89 Å². The Morgan fingerprint density at radius 2 is 1.12 bits per heavy atom. The highest BCUT2D eigenvalue weighted by atomic mass is 17.2. The zero-order chi connectivity index (χ0) is 19.3. The molecule has 0 saturated carbocycles. The van der Waals surface area contributed by atoms with Crippen molar-refractivity contribution in [3.05, 3.63) is 0 Å². The van der Waals surface area contributed by atoms with E-state index in [1.165, 1.54) is 25.7 Å². The van der Waals surface area contributed by atoms with Crippen molar-refractivity contribution in [2.24, 2.45) is 0 Å². The van der Waals surface area contributed by atoms with Crippen molar-refractivity contribution in [1.82, 2.24) is 15.0 Å². The first-order chi connectivity index (χ1) is 12.4. The topological polar surface area (TPSA) is 75.6 Å². The van der Waals surface area contributed by atoms with Gasteiger partial charge in [0.25, 0.3) is 0 Å². The van der Waals surface area contributed by atoms with Gasteiger partial charge >= 0.3 is 18.0 Å². The van der Waals surface area contributed by atoms with Crippen LogP contribution in [0.25, 0.3) is 0 Å². The van der Waals surface area contributed by atoms with Crippen molar-refractivity contribution < 1.29 is 19.2 Å². The van der Waals surface area contributed by atoms with Crippen LogP contribution in [-0.2, 0) is 4.89 Å². The SMILES string of the molecule is CCCCCCOc1nc(OCCCCCC)nc(OOC(C)(C)C)n1. The number of hydrogen-bond acceptors (Lipinski definition) is 7. The number of unbranched alkanes of at least 4 members (excludes halogenated alkanes) is 6. The third-order valence-electron chi connectivity index (χ3n) is 3.40. The van der Waals surface area contributed by atoms with Gasteiger partial charge in [0.2, 0.25) is 0 Å². The van der Waals surface area contributed by atoms with Crippen LogP contribution >= 0.6 is 0 Å². The first-order valence-electron chi connectivity index (χ1n) is 9.82. The minimum Gasteiger partial charge on any atom is -0.463 e. The maximum Gasteiger partial charge on any atom is 0.362 e. The fourth-order valence-corrected chi connectivity index (χ4v) is 2.03. The second kappa shape index (κ2) is 12.7. The Balaban J connectivity index is 2.62. The zero-order valence-electron chi connectivity index (χ0n) is 17.0. The van der Waals surface area contributed by atoms with Gasteiger partial charge in [0.1, 0.15) is 5.60 Å². The molecule has 1 aromatic rings. The predicted octanol–water partition coefficient (Wildman–Crippen LogP) is 4.90. The number of rotatable bonds is 14. The van der Waals surface area contributed by atoms with Crippen molar-refractivity contribution in [2.75, 3.05) is 13.2 Å². The van der Waals surface area contributed by atoms with Gasteiger partial charge in [-0.2, -0.15) is 4.89 Å². The van der Waals surface area contributed by atoms with E-state index in [-0.39, 0.29) is 18.0 Å². The summed E-state index contributed by atoms with van der Waals surface area (Å²) in [6.07, 6.45) is 8.93. The molecule has 1 aromatic heterocycles. The highest BCUT2D eigenvalue weighted by Crippen LogP contribution is 2.18. The molecule has 7 nitrogen and oxygen atoms in total. The van der Waals surface area contributed by atoms with Gasteiger partial charge in [-0.15, -0.1) is 15.0 Å². The van der Waals surface area contributed by atoms with Crippen molar-refractivity contribution in [1.29, 1.82) is 0 Å². The molecule has 0 saturated heterocycles. The maximum atomic E-state index is 5.63. The molecule has 1 rings (SSSR count). The Morgan fingerprint density at radius 3 is 1.54 bits per heavy atom. The summed E-state index contributed by atoms with van der Waals surface area (Å²) in [6.45, 7) is 11.1. The summed E-state index contributed by atoms with van der Waals surface area (Å²) in [6, 6.07) is 0.446. The largest absolute Gasteiger partial charge is 0.463 e. The second-order valence-corrected chi connectivity index (χ2v) is 7.28. The molecule has 0 aliphatic rings. The predicted molar refractivity (Wildman–Crippen MR) is 101 cm³/mol. The molecular formula is C19H35N3O4. The summed E-state index contributed by atoms with van der Waals surface area (Å²) in [5, 5.41) is 0. The van der Waals surface area contributed by atoms with E-state index >= 15 is 0 Å². The number of hydrogen-bond donors (Lipinski definition) is 0. The third-order valence-corrected chi connectivity index (χ3v) is 3.40. The van der Waals surface area contributed by atoms with Crippen LogP contribution in [0, 0.1) is 0 Å². The fourth-order valence-electron chi connectivity index (χ4n) is 2.03. The minimum atomic E-state index is -0.477. The molecule has 0 spiro atoms. The van der Waals surface area contributed by atoms with Gasteiger partial charge in [0.15, 0.2) is 0 Å². The van der Waals surface area contributed by atoms with Crippen LogP contribution in [0.3, 0.4) is 0 Å². The molecule has 0 amide bonds. The van der Waals surface area contributed by atoms with E-state index in [0.29, 0.717) is 13.2 Å². The van der Waals surface area contributed by atoms with E-state index in [1.54, 1.807) is 0 Å². The molecule has 0 atom stereocenters. The maximum absolute atomic E-state index is 5.63. The van der Waals surface area contributed by atoms with Crippen molar-refractivity contribution in [3.8, 4) is 18.0 Å². The normalized spacial score (nSPS) is 11.4. The first kappa shape index (κ1) is 22.4. The molecule has 0 bridgehead atoms. The molecule has 0 fully saturated rings. The van der Waals surface area contributed by atoms with Crippen LogP contribution in [0.4, 0.5) is 0 Å². The Kier molecular flexibility index (Phi) is 10.9. The third kappa shape index (κ3) is 11.1. The molecule has 7 heteroatoms. The molecule has 0 aromatic carbocycles. The Bertz CT molecular complexity index is 460. The molecule has 0 N–H and O–H groups in total. The average Bonchev–Trinajstić information content (AvgIpc) is 2.59. The van der Waals surface area contributed by atoms with E-state index in [0.717, 1.165) is 25.7 Å². The lowest BCUT2D eigenvalue weighted by molar-refractivity contribution is -0.279. The Morgan fingerprint density at radius 1 is 0.654 bits per heavy atom. The van der Waals surface area contributed by atoms with Crippen LogP contribution in [0.5, 0.6) is 18.0 Å². The lowest BCUT2D eigenvalue weighted by Gasteiger charge is -2.16. The average molecular weight is 370 g/mol. The summed E-state index contributed by atoms with van der Waals surface area (Å²) in [7, 11) is 0. The Labute approximate surface area is 157 Å². The molecule has 0 aliphatic heterocycles. The summed E-state index contributed by atoms with van der Waals surface area (Å²) >= 11 is 0. The minimum absolute atomic E-state index is 0.0436. The highest BCUT2D eigenvalue weighted by molar-refractivity contribution is 5.08. The number of ether oxygens (including phenoxy) is 2. The summed E-state index contributed by atoms with van der Waals surface area (Å²) in [5.41, 5.74) is -0.477. The van der Waals surface area contributed by atoms with Crippen molar-refractivity contribution in [3.63, 3.8) is 0 Å². The van der Waals surface area contributed by atoms with Gasteiger partial charge in [0.05, 0.1) is 13.2 Å². The van der Waals surface area contributed by atoms with E-state index in [4.69, 9.17) is 19.2 Å². The van der Waals surface area contributed by atoms with Gasteiger partial charge < -0.3 is 9.47 Å². The van der Waals surface area contributed by atoms with Gasteiger partial charge in [0, 0.05) is 0 Å². The zero-order valence-corrected chi connectivity index (χ0v) is 17.0. The first-order valence-corrected chi connectivity index (χ1v) is 9.82.